The molecule has 0 bridgehead atoms. The van der Waals surface area contributed by atoms with Gasteiger partial charge in [0.1, 0.15) is 0 Å². The van der Waals surface area contributed by atoms with Gasteiger partial charge in [0, 0.05) is 0 Å². The van der Waals surface area contributed by atoms with E-state index in [9.17, 15) is 0 Å². The highest BCUT2D eigenvalue weighted by Crippen LogP contribution is 2.05. The SMILES string of the molecule is CC(OCc1ccccc1)C(N)B(O)O. The number of hydrogen-bond acceptors (Lipinski definition) is 4. The molecule has 1 rings (SSSR count). The fourth-order valence-corrected chi connectivity index (χ4v) is 1.16. The molecule has 0 fully saturated rings. The zero-order valence-electron chi connectivity index (χ0n) is 8.71. The third-order valence-corrected chi connectivity index (χ3v) is 2.24. The first-order valence-electron chi connectivity index (χ1n) is 4.88. The number of ether oxygens (including phenoxy) is 1. The van der Waals surface area contributed by atoms with E-state index in [1.807, 2.05) is 30.3 Å². The van der Waals surface area contributed by atoms with Crippen molar-refractivity contribution in [1.82, 2.24) is 0 Å². The Morgan fingerprint density at radius 3 is 2.47 bits per heavy atom. The van der Waals surface area contributed by atoms with Crippen LogP contribution in [-0.2, 0) is 11.3 Å². The van der Waals surface area contributed by atoms with E-state index in [-0.39, 0.29) is 0 Å². The maximum atomic E-state index is 8.84. The summed E-state index contributed by atoms with van der Waals surface area (Å²) in [5.41, 5.74) is 6.53. The Bertz CT molecular complexity index is 281. The van der Waals surface area contributed by atoms with Crippen molar-refractivity contribution in [2.75, 3.05) is 0 Å². The van der Waals surface area contributed by atoms with Gasteiger partial charge in [-0.15, -0.1) is 0 Å². The molecule has 82 valence electrons. The molecule has 2 atom stereocenters. The van der Waals surface area contributed by atoms with Crippen molar-refractivity contribution < 1.29 is 14.8 Å². The molecule has 1 aromatic carbocycles. The Morgan fingerprint density at radius 1 is 1.33 bits per heavy atom. The lowest BCUT2D eigenvalue weighted by atomic mass is 9.77. The largest absolute Gasteiger partial charge is 0.472 e. The third kappa shape index (κ3) is 4.01. The Kier molecular flexibility index (Phi) is 4.78. The summed E-state index contributed by atoms with van der Waals surface area (Å²) in [4.78, 5) is 0. The predicted octanol–water partition coefficient (Wildman–Crippen LogP) is -0.0690. The van der Waals surface area contributed by atoms with E-state index < -0.39 is 19.2 Å². The van der Waals surface area contributed by atoms with Crippen LogP contribution in [-0.4, -0.2) is 29.2 Å². The molecule has 15 heavy (non-hydrogen) atoms. The van der Waals surface area contributed by atoms with Gasteiger partial charge in [-0.3, -0.25) is 0 Å². The van der Waals surface area contributed by atoms with Crippen LogP contribution in [0.4, 0.5) is 0 Å². The molecule has 5 heteroatoms. The lowest BCUT2D eigenvalue weighted by molar-refractivity contribution is 0.0446. The molecule has 4 N–H and O–H groups in total. The Morgan fingerprint density at radius 2 is 1.93 bits per heavy atom. The van der Waals surface area contributed by atoms with E-state index in [4.69, 9.17) is 20.5 Å². The van der Waals surface area contributed by atoms with Crippen LogP contribution >= 0.6 is 0 Å². The van der Waals surface area contributed by atoms with Crippen molar-refractivity contribution in [3.05, 3.63) is 35.9 Å². The van der Waals surface area contributed by atoms with Gasteiger partial charge in [-0.05, 0) is 12.5 Å². The van der Waals surface area contributed by atoms with Gasteiger partial charge in [0.2, 0.25) is 0 Å². The zero-order valence-corrected chi connectivity index (χ0v) is 8.71. The molecule has 0 saturated heterocycles. The number of benzene rings is 1. The molecular weight excluding hydrogens is 193 g/mol. The fraction of sp³-hybridized carbons (Fsp3) is 0.400. The van der Waals surface area contributed by atoms with E-state index in [1.165, 1.54) is 0 Å². The van der Waals surface area contributed by atoms with Gasteiger partial charge in [0.25, 0.3) is 0 Å². The average molecular weight is 209 g/mol. The van der Waals surface area contributed by atoms with Gasteiger partial charge in [0.15, 0.2) is 0 Å². The minimum Gasteiger partial charge on any atom is -0.426 e. The van der Waals surface area contributed by atoms with Gasteiger partial charge in [-0.2, -0.15) is 0 Å². The predicted molar refractivity (Wildman–Crippen MR) is 58.9 cm³/mol. The lowest BCUT2D eigenvalue weighted by Crippen LogP contribution is -2.47. The van der Waals surface area contributed by atoms with Crippen molar-refractivity contribution in [2.24, 2.45) is 5.73 Å². The summed E-state index contributed by atoms with van der Waals surface area (Å²) in [6, 6.07) is 9.64. The first kappa shape index (κ1) is 12.2. The van der Waals surface area contributed by atoms with E-state index >= 15 is 0 Å². The minimum atomic E-state index is -1.55. The normalized spacial score (nSPS) is 14.7. The second-order valence-electron chi connectivity index (χ2n) is 3.49. The summed E-state index contributed by atoms with van der Waals surface area (Å²) in [5, 5.41) is 17.7. The first-order chi connectivity index (χ1) is 7.11. The van der Waals surface area contributed by atoms with E-state index in [0.29, 0.717) is 6.61 Å². The maximum absolute atomic E-state index is 8.84. The quantitative estimate of drug-likeness (QED) is 0.593. The Hall–Kier alpha value is -0.875. The average Bonchev–Trinajstić information content (AvgIpc) is 2.26. The van der Waals surface area contributed by atoms with Crippen molar-refractivity contribution in [3.63, 3.8) is 0 Å². The molecule has 1 aromatic rings. The molecule has 0 saturated carbocycles. The molecule has 0 radical (unpaired) electrons. The zero-order chi connectivity index (χ0) is 11.3. The van der Waals surface area contributed by atoms with Crippen LogP contribution in [0.3, 0.4) is 0 Å². The van der Waals surface area contributed by atoms with Crippen LogP contribution in [0.15, 0.2) is 30.3 Å². The van der Waals surface area contributed by atoms with Crippen molar-refractivity contribution >= 4 is 7.12 Å². The number of rotatable bonds is 5. The maximum Gasteiger partial charge on any atom is 0.472 e. The fourth-order valence-electron chi connectivity index (χ4n) is 1.16. The Balaban J connectivity index is 2.37. The lowest BCUT2D eigenvalue weighted by Gasteiger charge is -2.19. The van der Waals surface area contributed by atoms with Crippen LogP contribution in [0.1, 0.15) is 12.5 Å². The van der Waals surface area contributed by atoms with Crippen molar-refractivity contribution in [3.8, 4) is 0 Å². The van der Waals surface area contributed by atoms with Crippen molar-refractivity contribution in [1.29, 1.82) is 0 Å². The standard InChI is InChI=1S/C10H16BNO3/c1-8(10(12)11(13)14)15-7-9-5-3-2-4-6-9/h2-6,8,10,13-14H,7,12H2,1H3. The monoisotopic (exact) mass is 209 g/mol. The van der Waals surface area contributed by atoms with E-state index in [0.717, 1.165) is 5.56 Å². The summed E-state index contributed by atoms with van der Waals surface area (Å²) in [6.07, 6.45) is -0.398. The summed E-state index contributed by atoms with van der Waals surface area (Å²) in [5.74, 6) is -0.784. The summed E-state index contributed by atoms with van der Waals surface area (Å²) < 4.78 is 5.41. The number of hydrogen-bond donors (Lipinski definition) is 3. The summed E-state index contributed by atoms with van der Waals surface area (Å²) in [6.45, 7) is 2.13. The second kappa shape index (κ2) is 5.87. The van der Waals surface area contributed by atoms with Gasteiger partial charge >= 0.3 is 7.12 Å². The second-order valence-corrected chi connectivity index (χ2v) is 3.49. The van der Waals surface area contributed by atoms with Crippen LogP contribution in [0.5, 0.6) is 0 Å². The van der Waals surface area contributed by atoms with E-state index in [1.54, 1.807) is 6.92 Å². The van der Waals surface area contributed by atoms with Gasteiger partial charge < -0.3 is 20.5 Å². The topological polar surface area (TPSA) is 75.7 Å². The molecule has 0 aliphatic carbocycles. The van der Waals surface area contributed by atoms with Crippen LogP contribution in [0.2, 0.25) is 0 Å². The molecule has 4 nitrogen and oxygen atoms in total. The third-order valence-electron chi connectivity index (χ3n) is 2.24. The Labute approximate surface area is 89.8 Å². The minimum absolute atomic E-state index is 0.398. The number of nitrogens with two attached hydrogens (primary N) is 1. The summed E-state index contributed by atoms with van der Waals surface area (Å²) >= 11 is 0. The van der Waals surface area contributed by atoms with Crippen molar-refractivity contribution in [2.45, 2.75) is 25.6 Å². The molecular formula is C10H16BNO3. The molecule has 0 spiro atoms. The molecule has 0 aromatic heterocycles. The highest BCUT2D eigenvalue weighted by Gasteiger charge is 2.25. The molecule has 0 aliphatic rings. The smallest absolute Gasteiger partial charge is 0.426 e. The molecule has 2 unspecified atom stereocenters. The highest BCUT2D eigenvalue weighted by molar-refractivity contribution is 6.43. The highest BCUT2D eigenvalue weighted by atomic mass is 16.5. The first-order valence-corrected chi connectivity index (χ1v) is 4.88. The summed E-state index contributed by atoms with van der Waals surface area (Å²) in [7, 11) is -1.55. The molecule has 0 amide bonds. The molecule has 0 heterocycles. The molecule has 0 aliphatic heterocycles. The van der Waals surface area contributed by atoms with Gasteiger partial charge in [-0.1, -0.05) is 30.3 Å². The van der Waals surface area contributed by atoms with Crippen LogP contribution in [0, 0.1) is 0 Å². The van der Waals surface area contributed by atoms with Gasteiger partial charge in [-0.25, -0.2) is 0 Å². The van der Waals surface area contributed by atoms with Crippen LogP contribution < -0.4 is 5.73 Å². The van der Waals surface area contributed by atoms with Gasteiger partial charge in [0.05, 0.1) is 18.7 Å². The van der Waals surface area contributed by atoms with E-state index in [2.05, 4.69) is 0 Å². The van der Waals surface area contributed by atoms with Crippen LogP contribution in [0.25, 0.3) is 0 Å².